The zero-order valence-electron chi connectivity index (χ0n) is 15.0. The van der Waals surface area contributed by atoms with Gasteiger partial charge in [-0.1, -0.05) is 30.3 Å². The monoisotopic (exact) mass is 381 g/mol. The highest BCUT2D eigenvalue weighted by atomic mass is 32.2. The van der Waals surface area contributed by atoms with Crippen LogP contribution in [-0.2, 0) is 9.53 Å². The van der Waals surface area contributed by atoms with Gasteiger partial charge < -0.3 is 9.72 Å². The number of esters is 1. The van der Waals surface area contributed by atoms with Gasteiger partial charge in [0.2, 0.25) is 5.78 Å². The number of carbonyl (C=O) groups is 3. The van der Waals surface area contributed by atoms with Gasteiger partial charge in [0.25, 0.3) is 0 Å². The Balaban J connectivity index is 1.76. The molecule has 0 aliphatic carbocycles. The lowest BCUT2D eigenvalue weighted by molar-refractivity contribution is -0.114. The summed E-state index contributed by atoms with van der Waals surface area (Å²) >= 11 is 1.28. The van der Waals surface area contributed by atoms with E-state index in [-0.39, 0.29) is 17.3 Å². The number of ketones is 2. The number of hydrogen-bond donors (Lipinski definition) is 1. The highest BCUT2D eigenvalue weighted by Gasteiger charge is 2.24. The molecule has 0 spiro atoms. The number of aromatic amines is 1. The molecule has 0 fully saturated rings. The molecule has 3 rings (SSSR count). The fourth-order valence-corrected chi connectivity index (χ4v) is 3.55. The first-order valence-electron chi connectivity index (χ1n) is 8.50. The summed E-state index contributed by atoms with van der Waals surface area (Å²) in [6, 6.07) is 14.4. The van der Waals surface area contributed by atoms with Crippen molar-refractivity contribution in [2.24, 2.45) is 0 Å². The summed E-state index contributed by atoms with van der Waals surface area (Å²) in [6.45, 7) is 3.06. The molecular formula is C21H19NO4S. The molecule has 0 aliphatic rings. The summed E-state index contributed by atoms with van der Waals surface area (Å²) in [4.78, 5) is 40.2. The van der Waals surface area contributed by atoms with Crippen molar-refractivity contribution in [3.8, 4) is 0 Å². The van der Waals surface area contributed by atoms with E-state index < -0.39 is 12.1 Å². The van der Waals surface area contributed by atoms with Crippen molar-refractivity contribution in [2.45, 2.75) is 24.8 Å². The van der Waals surface area contributed by atoms with Gasteiger partial charge in [0.15, 0.2) is 6.10 Å². The van der Waals surface area contributed by atoms with E-state index in [9.17, 15) is 14.4 Å². The molecule has 1 aromatic heterocycles. The first kappa shape index (κ1) is 18.9. The third-order valence-electron chi connectivity index (χ3n) is 4.05. The maximum Gasteiger partial charge on any atom is 0.339 e. The number of benzene rings is 2. The molecule has 6 heteroatoms. The lowest BCUT2D eigenvalue weighted by atomic mass is 10.1. The predicted octanol–water partition coefficient (Wildman–Crippen LogP) is 4.28. The van der Waals surface area contributed by atoms with Crippen LogP contribution in [-0.4, -0.2) is 34.4 Å². The van der Waals surface area contributed by atoms with Gasteiger partial charge >= 0.3 is 5.97 Å². The molecule has 0 unspecified atom stereocenters. The van der Waals surface area contributed by atoms with Gasteiger partial charge in [-0.05, 0) is 32.0 Å². The Bertz CT molecular complexity index is 1010. The number of ether oxygens (including phenoxy) is 1. The van der Waals surface area contributed by atoms with Gasteiger partial charge in [-0.25, -0.2) is 4.79 Å². The van der Waals surface area contributed by atoms with E-state index >= 15 is 0 Å². The summed E-state index contributed by atoms with van der Waals surface area (Å²) < 4.78 is 5.42. The molecule has 0 radical (unpaired) electrons. The molecular weight excluding hydrogens is 362 g/mol. The Morgan fingerprint density at radius 1 is 1.04 bits per heavy atom. The van der Waals surface area contributed by atoms with Crippen LogP contribution in [0.5, 0.6) is 0 Å². The average Bonchev–Trinajstić information content (AvgIpc) is 3.10. The summed E-state index contributed by atoms with van der Waals surface area (Å²) in [5.74, 6) is -0.559. The van der Waals surface area contributed by atoms with Crippen LogP contribution < -0.4 is 0 Å². The molecule has 27 heavy (non-hydrogen) atoms. The van der Waals surface area contributed by atoms with Gasteiger partial charge in [0.05, 0.1) is 11.3 Å². The summed E-state index contributed by atoms with van der Waals surface area (Å²) in [7, 11) is 0. The van der Waals surface area contributed by atoms with Crippen molar-refractivity contribution in [3.63, 3.8) is 0 Å². The van der Waals surface area contributed by atoms with Crippen molar-refractivity contribution in [2.75, 3.05) is 5.75 Å². The molecule has 1 N–H and O–H groups in total. The number of carbonyl (C=O) groups excluding carboxylic acids is 3. The van der Waals surface area contributed by atoms with Gasteiger partial charge in [0, 0.05) is 27.6 Å². The minimum absolute atomic E-state index is 0.0195. The summed E-state index contributed by atoms with van der Waals surface area (Å²) in [5, 5.41) is 0.794. The predicted molar refractivity (Wildman–Crippen MR) is 105 cm³/mol. The maximum absolute atomic E-state index is 12.7. The molecule has 0 aliphatic heterocycles. The molecule has 0 saturated heterocycles. The van der Waals surface area contributed by atoms with Crippen LogP contribution in [0.15, 0.2) is 59.6 Å². The van der Waals surface area contributed by atoms with E-state index in [0.717, 1.165) is 10.9 Å². The molecule has 0 amide bonds. The SMILES string of the molecule is CC(=O)CSc1ccccc1C(=O)O[C@@H](C)C(=O)c1c[nH]c2ccccc12. The van der Waals surface area contributed by atoms with Crippen LogP contribution in [0.25, 0.3) is 10.9 Å². The van der Waals surface area contributed by atoms with E-state index in [2.05, 4.69) is 4.98 Å². The highest BCUT2D eigenvalue weighted by molar-refractivity contribution is 8.00. The normalized spacial score (nSPS) is 11.9. The van der Waals surface area contributed by atoms with Crippen LogP contribution in [0.1, 0.15) is 34.6 Å². The quantitative estimate of drug-likeness (QED) is 0.376. The molecule has 138 valence electrons. The molecule has 1 heterocycles. The van der Waals surface area contributed by atoms with Crippen LogP contribution in [0.2, 0.25) is 0 Å². The Hall–Kier alpha value is -2.86. The summed E-state index contributed by atoms with van der Waals surface area (Å²) in [5.41, 5.74) is 1.69. The molecule has 3 aromatic rings. The largest absolute Gasteiger partial charge is 0.451 e. The lowest BCUT2D eigenvalue weighted by Crippen LogP contribution is -2.24. The van der Waals surface area contributed by atoms with Crippen molar-refractivity contribution in [1.29, 1.82) is 0 Å². The maximum atomic E-state index is 12.7. The summed E-state index contributed by atoms with van der Waals surface area (Å²) in [6.07, 6.45) is 0.705. The van der Waals surface area contributed by atoms with E-state index in [1.54, 1.807) is 37.4 Å². The van der Waals surface area contributed by atoms with Gasteiger partial charge in [-0.3, -0.25) is 9.59 Å². The first-order valence-corrected chi connectivity index (χ1v) is 9.48. The molecule has 5 nitrogen and oxygen atoms in total. The molecule has 2 aromatic carbocycles. The number of aromatic nitrogens is 1. The van der Waals surface area contributed by atoms with E-state index in [4.69, 9.17) is 4.74 Å². The number of Topliss-reactive ketones (excluding diaryl/α,β-unsaturated/α-hetero) is 2. The number of fused-ring (bicyclic) bond motifs is 1. The van der Waals surface area contributed by atoms with E-state index in [1.165, 1.54) is 18.7 Å². The van der Waals surface area contributed by atoms with Crippen LogP contribution in [0, 0.1) is 0 Å². The van der Waals surface area contributed by atoms with Crippen LogP contribution >= 0.6 is 11.8 Å². The Morgan fingerprint density at radius 3 is 2.52 bits per heavy atom. The molecule has 1 atom stereocenters. The van der Waals surface area contributed by atoms with Gasteiger partial charge in [0.1, 0.15) is 5.78 Å². The number of para-hydroxylation sites is 1. The smallest absolute Gasteiger partial charge is 0.339 e. The van der Waals surface area contributed by atoms with Crippen LogP contribution in [0.4, 0.5) is 0 Å². The molecule has 0 saturated carbocycles. The number of thioether (sulfide) groups is 1. The van der Waals surface area contributed by atoms with Gasteiger partial charge in [-0.15, -0.1) is 11.8 Å². The van der Waals surface area contributed by atoms with Gasteiger partial charge in [-0.2, -0.15) is 0 Å². The number of rotatable bonds is 7. The lowest BCUT2D eigenvalue weighted by Gasteiger charge is -2.13. The number of nitrogens with one attached hydrogen (secondary N) is 1. The topological polar surface area (TPSA) is 76.2 Å². The fourth-order valence-electron chi connectivity index (χ4n) is 2.71. The van der Waals surface area contributed by atoms with Crippen molar-refractivity contribution in [3.05, 3.63) is 65.9 Å². The Morgan fingerprint density at radius 2 is 1.74 bits per heavy atom. The first-order chi connectivity index (χ1) is 13.0. The second-order valence-electron chi connectivity index (χ2n) is 6.15. The standard InChI is InChI=1S/C21H19NO4S/c1-13(23)12-27-19-10-6-4-8-16(19)21(25)26-14(2)20(24)17-11-22-18-9-5-3-7-15(17)18/h3-11,14,22H,12H2,1-2H3/t14-/m0/s1. The van der Waals surface area contributed by atoms with Crippen molar-refractivity contribution in [1.82, 2.24) is 4.98 Å². The minimum Gasteiger partial charge on any atom is -0.451 e. The minimum atomic E-state index is -0.928. The van der Waals surface area contributed by atoms with E-state index in [0.29, 0.717) is 16.0 Å². The average molecular weight is 381 g/mol. The van der Waals surface area contributed by atoms with Crippen molar-refractivity contribution >= 4 is 40.2 Å². The zero-order chi connectivity index (χ0) is 19.4. The second-order valence-corrected chi connectivity index (χ2v) is 7.16. The Kier molecular flexibility index (Phi) is 5.76. The Labute approximate surface area is 161 Å². The number of H-pyrrole nitrogens is 1. The van der Waals surface area contributed by atoms with Crippen molar-refractivity contribution < 1.29 is 19.1 Å². The third kappa shape index (κ3) is 4.28. The second kappa shape index (κ2) is 8.22. The fraction of sp³-hybridized carbons (Fsp3) is 0.190. The number of hydrogen-bond acceptors (Lipinski definition) is 5. The highest BCUT2D eigenvalue weighted by Crippen LogP contribution is 2.25. The third-order valence-corrected chi connectivity index (χ3v) is 5.26. The molecule has 0 bridgehead atoms. The zero-order valence-corrected chi connectivity index (χ0v) is 15.8. The van der Waals surface area contributed by atoms with Crippen LogP contribution in [0.3, 0.4) is 0 Å². The van der Waals surface area contributed by atoms with E-state index in [1.807, 2.05) is 24.3 Å².